The number of anilines is 2. The van der Waals surface area contributed by atoms with Crippen LogP contribution in [-0.4, -0.2) is 34.7 Å². The molecule has 0 radical (unpaired) electrons. The summed E-state index contributed by atoms with van der Waals surface area (Å²) in [6, 6.07) is 5.48. The van der Waals surface area contributed by atoms with Gasteiger partial charge in [0.15, 0.2) is 0 Å². The van der Waals surface area contributed by atoms with Crippen LogP contribution in [0.5, 0.6) is 5.75 Å². The zero-order valence-electron chi connectivity index (χ0n) is 15.3. The van der Waals surface area contributed by atoms with Crippen LogP contribution in [0.4, 0.5) is 11.8 Å². The highest BCUT2D eigenvalue weighted by Gasteiger charge is 2.18. The predicted molar refractivity (Wildman–Crippen MR) is 106 cm³/mol. The molecule has 4 N–H and O–H groups in total. The lowest BCUT2D eigenvalue weighted by Gasteiger charge is -2.12. The third-order valence-electron chi connectivity index (χ3n) is 4.17. The maximum absolute atomic E-state index is 12.6. The zero-order chi connectivity index (χ0) is 19.6. The molecule has 3 aromatic rings. The lowest BCUT2D eigenvalue weighted by atomic mass is 10.0. The molecule has 0 unspecified atom stereocenters. The molecule has 0 saturated heterocycles. The van der Waals surface area contributed by atoms with Gasteiger partial charge in [-0.25, -0.2) is 17.4 Å². The first kappa shape index (κ1) is 19.0. The SMILES string of the molecule is CCCS(=O)(=O)n1ccc2c(OCC)cc(Cc3cnc(N)nc3N)cc21. The molecule has 0 aliphatic carbocycles. The third-order valence-corrected chi connectivity index (χ3v) is 6.01. The first-order chi connectivity index (χ1) is 12.9. The quantitative estimate of drug-likeness (QED) is 0.634. The molecule has 2 heterocycles. The fourth-order valence-electron chi connectivity index (χ4n) is 3.01. The van der Waals surface area contributed by atoms with E-state index < -0.39 is 10.0 Å². The van der Waals surface area contributed by atoms with Crippen molar-refractivity contribution in [2.45, 2.75) is 26.7 Å². The Morgan fingerprint density at radius 1 is 1.22 bits per heavy atom. The minimum atomic E-state index is -3.43. The number of fused-ring (bicyclic) bond motifs is 1. The third kappa shape index (κ3) is 3.82. The highest BCUT2D eigenvalue weighted by molar-refractivity contribution is 7.90. The Labute approximate surface area is 158 Å². The van der Waals surface area contributed by atoms with Crippen molar-refractivity contribution in [2.24, 2.45) is 0 Å². The molecular formula is C18H23N5O3S. The minimum absolute atomic E-state index is 0.0731. The van der Waals surface area contributed by atoms with Crippen molar-refractivity contribution in [2.75, 3.05) is 23.8 Å². The Hall–Kier alpha value is -2.81. The van der Waals surface area contributed by atoms with Crippen LogP contribution >= 0.6 is 0 Å². The summed E-state index contributed by atoms with van der Waals surface area (Å²) >= 11 is 0. The van der Waals surface area contributed by atoms with E-state index in [4.69, 9.17) is 16.2 Å². The van der Waals surface area contributed by atoms with E-state index in [1.165, 1.54) is 3.97 Å². The van der Waals surface area contributed by atoms with Crippen molar-refractivity contribution < 1.29 is 13.2 Å². The van der Waals surface area contributed by atoms with E-state index in [1.54, 1.807) is 18.5 Å². The van der Waals surface area contributed by atoms with Crippen molar-refractivity contribution in [3.05, 3.63) is 41.7 Å². The summed E-state index contributed by atoms with van der Waals surface area (Å²) in [5.41, 5.74) is 13.6. The Kier molecular flexibility index (Phi) is 5.22. The second-order valence-corrected chi connectivity index (χ2v) is 8.17. The summed E-state index contributed by atoms with van der Waals surface area (Å²) in [7, 11) is -3.43. The van der Waals surface area contributed by atoms with Gasteiger partial charge in [-0.2, -0.15) is 4.98 Å². The van der Waals surface area contributed by atoms with E-state index in [0.717, 1.165) is 10.9 Å². The largest absolute Gasteiger partial charge is 0.493 e. The van der Waals surface area contributed by atoms with Gasteiger partial charge >= 0.3 is 0 Å². The van der Waals surface area contributed by atoms with Gasteiger partial charge in [-0.3, -0.25) is 0 Å². The number of nitrogen functional groups attached to an aromatic ring is 2. The lowest BCUT2D eigenvalue weighted by molar-refractivity contribution is 0.344. The van der Waals surface area contributed by atoms with Crippen LogP contribution in [0.3, 0.4) is 0 Å². The van der Waals surface area contributed by atoms with Crippen molar-refractivity contribution in [3.63, 3.8) is 0 Å². The van der Waals surface area contributed by atoms with Crippen LogP contribution in [0.1, 0.15) is 31.4 Å². The molecule has 8 nitrogen and oxygen atoms in total. The number of rotatable bonds is 7. The van der Waals surface area contributed by atoms with Gasteiger partial charge in [0, 0.05) is 29.8 Å². The van der Waals surface area contributed by atoms with E-state index in [1.807, 2.05) is 26.0 Å². The minimum Gasteiger partial charge on any atom is -0.493 e. The molecule has 0 fully saturated rings. The molecule has 0 aliphatic rings. The van der Waals surface area contributed by atoms with Crippen molar-refractivity contribution in [1.82, 2.24) is 13.9 Å². The van der Waals surface area contributed by atoms with E-state index in [-0.39, 0.29) is 11.7 Å². The maximum Gasteiger partial charge on any atom is 0.238 e. The van der Waals surface area contributed by atoms with Crippen molar-refractivity contribution in [3.8, 4) is 5.75 Å². The normalized spacial score (nSPS) is 11.8. The number of hydrogen-bond donors (Lipinski definition) is 2. The molecule has 0 aliphatic heterocycles. The molecule has 0 spiro atoms. The van der Waals surface area contributed by atoms with Gasteiger partial charge in [-0.1, -0.05) is 6.92 Å². The second-order valence-electron chi connectivity index (χ2n) is 6.20. The first-order valence-corrected chi connectivity index (χ1v) is 10.3. The molecule has 0 bridgehead atoms. The Morgan fingerprint density at radius 3 is 2.67 bits per heavy atom. The first-order valence-electron chi connectivity index (χ1n) is 8.72. The fraction of sp³-hybridized carbons (Fsp3) is 0.333. The smallest absolute Gasteiger partial charge is 0.238 e. The molecule has 144 valence electrons. The molecular weight excluding hydrogens is 366 g/mol. The van der Waals surface area contributed by atoms with Crippen LogP contribution in [0.15, 0.2) is 30.6 Å². The van der Waals surface area contributed by atoms with E-state index in [0.29, 0.717) is 42.1 Å². The number of nitrogens with two attached hydrogens (primary N) is 2. The highest BCUT2D eigenvalue weighted by Crippen LogP contribution is 2.31. The topological polar surface area (TPSA) is 126 Å². The second kappa shape index (κ2) is 7.43. The maximum atomic E-state index is 12.6. The predicted octanol–water partition coefficient (Wildman–Crippen LogP) is 2.17. The van der Waals surface area contributed by atoms with E-state index in [2.05, 4.69) is 9.97 Å². The summed E-state index contributed by atoms with van der Waals surface area (Å²) in [5.74, 6) is 1.12. The Bertz CT molecular complexity index is 1080. The van der Waals surface area contributed by atoms with Crippen LogP contribution in [0.25, 0.3) is 10.9 Å². The number of ether oxygens (including phenoxy) is 1. The number of aromatic nitrogens is 3. The van der Waals surface area contributed by atoms with Gasteiger partial charge in [0.05, 0.1) is 17.9 Å². The molecule has 3 rings (SSSR count). The molecule has 2 aromatic heterocycles. The standard InChI is InChI=1S/C18H23N5O3S/c1-3-7-27(24,25)23-6-5-14-15(23)9-12(10-16(14)26-4-2)8-13-11-21-18(20)22-17(13)19/h5-6,9-11H,3-4,7-8H2,1-2H3,(H4,19,20,21,22). The average Bonchev–Trinajstić information content (AvgIpc) is 3.03. The van der Waals surface area contributed by atoms with Gasteiger partial charge in [0.1, 0.15) is 11.6 Å². The molecule has 9 heteroatoms. The van der Waals surface area contributed by atoms with Crippen molar-refractivity contribution in [1.29, 1.82) is 0 Å². The van der Waals surface area contributed by atoms with Gasteiger partial charge in [0.2, 0.25) is 16.0 Å². The van der Waals surface area contributed by atoms with Crippen LogP contribution in [0.2, 0.25) is 0 Å². The van der Waals surface area contributed by atoms with Gasteiger partial charge < -0.3 is 16.2 Å². The molecule has 0 amide bonds. The number of hydrogen-bond acceptors (Lipinski definition) is 7. The van der Waals surface area contributed by atoms with Crippen LogP contribution in [0, 0.1) is 0 Å². The summed E-state index contributed by atoms with van der Waals surface area (Å²) in [6.07, 6.45) is 4.12. The molecule has 27 heavy (non-hydrogen) atoms. The summed E-state index contributed by atoms with van der Waals surface area (Å²) in [6.45, 7) is 4.19. The van der Waals surface area contributed by atoms with Gasteiger partial charge in [0.25, 0.3) is 0 Å². The van der Waals surface area contributed by atoms with Gasteiger partial charge in [-0.05, 0) is 37.1 Å². The number of nitrogens with zero attached hydrogens (tertiary/aromatic N) is 3. The number of benzene rings is 1. The van der Waals surface area contributed by atoms with Crippen LogP contribution < -0.4 is 16.2 Å². The van der Waals surface area contributed by atoms with Crippen LogP contribution in [-0.2, 0) is 16.4 Å². The zero-order valence-corrected chi connectivity index (χ0v) is 16.2. The van der Waals surface area contributed by atoms with E-state index in [9.17, 15) is 8.42 Å². The lowest BCUT2D eigenvalue weighted by Crippen LogP contribution is -2.15. The summed E-state index contributed by atoms with van der Waals surface area (Å²) in [4.78, 5) is 7.96. The Morgan fingerprint density at radius 2 is 2.00 bits per heavy atom. The van der Waals surface area contributed by atoms with Crippen molar-refractivity contribution >= 4 is 32.7 Å². The monoisotopic (exact) mass is 389 g/mol. The summed E-state index contributed by atoms with van der Waals surface area (Å²) < 4.78 is 32.3. The molecule has 1 aromatic carbocycles. The molecule has 0 atom stereocenters. The highest BCUT2D eigenvalue weighted by atomic mass is 32.2. The average molecular weight is 389 g/mol. The van der Waals surface area contributed by atoms with Gasteiger partial charge in [-0.15, -0.1) is 0 Å². The Balaban J connectivity index is 2.13. The molecule has 0 saturated carbocycles. The fourth-order valence-corrected chi connectivity index (χ4v) is 4.42. The summed E-state index contributed by atoms with van der Waals surface area (Å²) in [5, 5.41) is 0.752. The van der Waals surface area contributed by atoms with E-state index >= 15 is 0 Å².